The molecule has 2 N–H and O–H groups in total. The lowest BCUT2D eigenvalue weighted by atomic mass is 9.77. The van der Waals surface area contributed by atoms with Crippen molar-refractivity contribution in [1.82, 2.24) is 14.5 Å². The van der Waals surface area contributed by atoms with Gasteiger partial charge in [0.2, 0.25) is 0 Å². The van der Waals surface area contributed by atoms with Crippen molar-refractivity contribution >= 4 is 63.5 Å². The number of alkyl halides is 6. The molecule has 64 heavy (non-hydrogen) atoms. The van der Waals surface area contributed by atoms with E-state index in [1.807, 2.05) is 18.2 Å². The Morgan fingerprint density at radius 3 is 1.56 bits per heavy atom. The van der Waals surface area contributed by atoms with Gasteiger partial charge in [-0.05, 0) is 96.3 Å². The van der Waals surface area contributed by atoms with E-state index < -0.39 is 42.7 Å². The van der Waals surface area contributed by atoms with E-state index in [1.165, 1.54) is 24.3 Å². The van der Waals surface area contributed by atoms with Crippen LogP contribution in [0, 0.1) is 22.7 Å². The first-order valence-corrected chi connectivity index (χ1v) is 20.8. The lowest BCUT2D eigenvalue weighted by Gasteiger charge is -2.31. The fourth-order valence-electron chi connectivity index (χ4n) is 7.52. The Hall–Kier alpha value is -5.20. The molecule has 0 saturated carbocycles. The molecule has 0 spiro atoms. The molecule has 3 aliphatic heterocycles. The fraction of sp³-hybridized carbons (Fsp3) is 0.318. The van der Waals surface area contributed by atoms with Crippen molar-refractivity contribution in [3.05, 3.63) is 139 Å². The molecule has 20 heteroatoms. The monoisotopic (exact) mass is 962 g/mol. The van der Waals surface area contributed by atoms with Crippen LogP contribution in [0.3, 0.4) is 0 Å². The van der Waals surface area contributed by atoms with Crippen molar-refractivity contribution < 1.29 is 35.8 Å². The number of nitrogen functional groups attached to an aromatic ring is 1. The van der Waals surface area contributed by atoms with Crippen LogP contribution in [0.5, 0.6) is 0 Å². The minimum Gasteiger partial charge on any atom is -0.398 e. The van der Waals surface area contributed by atoms with E-state index in [4.69, 9.17) is 66.9 Å². The smallest absolute Gasteiger partial charge is 0.398 e. The molecule has 0 radical (unpaired) electrons. The summed E-state index contributed by atoms with van der Waals surface area (Å²) < 4.78 is 96.7. The van der Waals surface area contributed by atoms with Gasteiger partial charge in [0.05, 0.1) is 36.0 Å². The fourth-order valence-corrected chi connectivity index (χ4v) is 8.44. The first-order valence-electron chi connectivity index (χ1n) is 19.3. The number of benzene rings is 2. The molecule has 2 aromatic carbocycles. The average Bonchev–Trinajstić information content (AvgIpc) is 4.08. The lowest BCUT2D eigenvalue weighted by Crippen LogP contribution is -2.43. The summed E-state index contributed by atoms with van der Waals surface area (Å²) in [7, 11) is 1.68. The predicted molar refractivity (Wildman–Crippen MR) is 233 cm³/mol. The van der Waals surface area contributed by atoms with Crippen molar-refractivity contribution in [3.63, 3.8) is 0 Å². The highest BCUT2D eigenvalue weighted by atomic mass is 35.5. The topological polar surface area (TPSA) is 147 Å². The third-order valence-electron chi connectivity index (χ3n) is 11.0. The number of pyridine rings is 2. The second-order valence-corrected chi connectivity index (χ2v) is 16.6. The molecule has 1 saturated heterocycles. The SMILES string of the molecule is COC1CCC(C)O1.N#Cc1cc(C2=NCC(c3cc(Cl)nc(Cl)c3)(C(F)(F)F)C2)ccc1-n1cccc1.N#Cc1cc(C2=NCC(c3cc(Cl)nc(Cl)c3)(C(F)(F)F)C2)ccc1N. The zero-order valence-electron chi connectivity index (χ0n) is 33.8. The summed E-state index contributed by atoms with van der Waals surface area (Å²) in [4.78, 5) is 15.8. The second-order valence-electron chi connectivity index (χ2n) is 15.1. The number of aliphatic imine (C=N–C) groups is 2. The molecule has 5 aromatic rings. The molecule has 3 aromatic heterocycles. The van der Waals surface area contributed by atoms with E-state index in [-0.39, 0.29) is 67.1 Å². The van der Waals surface area contributed by atoms with Crippen LogP contribution in [0.25, 0.3) is 5.69 Å². The Balaban J connectivity index is 0.000000182. The number of ether oxygens (including phenoxy) is 2. The molecule has 8 rings (SSSR count). The Morgan fingerprint density at radius 2 is 1.17 bits per heavy atom. The van der Waals surface area contributed by atoms with Gasteiger partial charge < -0.3 is 19.8 Å². The van der Waals surface area contributed by atoms with E-state index in [0.29, 0.717) is 28.5 Å². The Labute approximate surface area is 383 Å². The summed E-state index contributed by atoms with van der Waals surface area (Å²) in [5.74, 6) is 0. The van der Waals surface area contributed by atoms with Crippen molar-refractivity contribution in [2.75, 3.05) is 25.9 Å². The van der Waals surface area contributed by atoms with Gasteiger partial charge in [-0.25, -0.2) is 9.97 Å². The van der Waals surface area contributed by atoms with Crippen LogP contribution in [-0.2, 0) is 20.3 Å². The van der Waals surface area contributed by atoms with Gasteiger partial charge in [0, 0.05) is 55.9 Å². The number of hydrogen-bond donors (Lipinski definition) is 1. The van der Waals surface area contributed by atoms with Gasteiger partial charge in [-0.2, -0.15) is 36.9 Å². The molecule has 10 nitrogen and oxygen atoms in total. The maximum absolute atomic E-state index is 14.2. The number of hydrogen-bond acceptors (Lipinski definition) is 9. The highest BCUT2D eigenvalue weighted by molar-refractivity contribution is 6.33. The minimum atomic E-state index is -4.59. The number of aromatic nitrogens is 3. The van der Waals surface area contributed by atoms with Crippen molar-refractivity contribution in [1.29, 1.82) is 10.5 Å². The quantitative estimate of drug-likeness (QED) is 0.101. The van der Waals surface area contributed by atoms with Gasteiger partial charge in [-0.1, -0.05) is 58.5 Å². The summed E-state index contributed by atoms with van der Waals surface area (Å²) in [6, 6.07) is 21.7. The van der Waals surface area contributed by atoms with E-state index >= 15 is 0 Å². The van der Waals surface area contributed by atoms with Gasteiger partial charge >= 0.3 is 12.4 Å². The number of nitriles is 2. The highest BCUT2D eigenvalue weighted by Gasteiger charge is 2.60. The van der Waals surface area contributed by atoms with Crippen LogP contribution in [0.2, 0.25) is 20.6 Å². The Kier molecular flexibility index (Phi) is 14.7. The number of rotatable bonds is 6. The van der Waals surface area contributed by atoms with Crippen molar-refractivity contribution in [3.8, 4) is 17.8 Å². The summed E-state index contributed by atoms with van der Waals surface area (Å²) in [5.41, 5.74) is 3.80. The van der Waals surface area contributed by atoms with Crippen LogP contribution in [0.1, 0.15) is 66.0 Å². The van der Waals surface area contributed by atoms with E-state index in [1.54, 1.807) is 48.3 Å². The highest BCUT2D eigenvalue weighted by Crippen LogP contribution is 2.50. The molecule has 0 bridgehead atoms. The molecule has 0 amide bonds. The molecule has 4 atom stereocenters. The minimum absolute atomic E-state index is 0.0741. The van der Waals surface area contributed by atoms with Crippen LogP contribution in [0.4, 0.5) is 32.0 Å². The third kappa shape index (κ3) is 10.3. The van der Waals surface area contributed by atoms with Gasteiger partial charge in [0.25, 0.3) is 0 Å². The first-order chi connectivity index (χ1) is 30.2. The average molecular weight is 965 g/mol. The number of halogens is 10. The maximum Gasteiger partial charge on any atom is 0.400 e. The van der Waals surface area contributed by atoms with Crippen LogP contribution in [-0.4, -0.2) is 70.9 Å². The van der Waals surface area contributed by atoms with E-state index in [9.17, 15) is 31.6 Å². The molecular formula is C44H36Cl4F6N8O2. The number of methoxy groups -OCH3 is 1. The normalized spacial score (nSPS) is 21.7. The number of nitrogens with zero attached hydrogens (tertiary/aromatic N) is 7. The summed E-state index contributed by atoms with van der Waals surface area (Å²) in [5, 5.41) is 18.1. The Morgan fingerprint density at radius 1 is 0.719 bits per heavy atom. The molecule has 1 fully saturated rings. The molecule has 3 aliphatic rings. The van der Waals surface area contributed by atoms with Crippen LogP contribution >= 0.6 is 46.4 Å². The van der Waals surface area contributed by atoms with Crippen molar-refractivity contribution in [2.24, 2.45) is 9.98 Å². The second kappa shape index (κ2) is 19.5. The summed E-state index contributed by atoms with van der Waals surface area (Å²) >= 11 is 23.3. The van der Waals surface area contributed by atoms with Gasteiger partial charge in [0.1, 0.15) is 43.6 Å². The maximum atomic E-state index is 14.2. The standard InChI is InChI=1S/C21H13Cl2F3N4.C17H11Cl2F3N4.C6H12O2/c22-18-8-15(9-19(23)29-18)20(21(24,25)26)10-16(28-12-20)13-3-4-17(14(7-13)11-27)30-5-1-2-6-30;18-14-4-11(5-15(19)26-14)16(17(20,21)22)6-13(25-8-16)9-1-2-12(24)10(3-9)7-23;1-5-3-4-6(7-2)8-5/h1-9H,10,12H2;1-5H,6,8,24H2;5-6H,3-4H2,1-2H3. The van der Waals surface area contributed by atoms with E-state index in [0.717, 1.165) is 25.0 Å². The van der Waals surface area contributed by atoms with Crippen molar-refractivity contribution in [2.45, 2.75) is 68.2 Å². The summed E-state index contributed by atoms with van der Waals surface area (Å²) in [6.45, 7) is 1.07. The lowest BCUT2D eigenvalue weighted by molar-refractivity contribution is -0.184. The summed E-state index contributed by atoms with van der Waals surface area (Å²) in [6.07, 6.45) is -3.72. The zero-order chi connectivity index (χ0) is 46.6. The molecule has 4 unspecified atom stereocenters. The Bertz CT molecular complexity index is 2620. The van der Waals surface area contributed by atoms with Gasteiger partial charge in [0.15, 0.2) is 6.29 Å². The molecule has 6 heterocycles. The van der Waals surface area contributed by atoms with Crippen LogP contribution < -0.4 is 5.73 Å². The predicted octanol–water partition coefficient (Wildman–Crippen LogP) is 11.4. The largest absolute Gasteiger partial charge is 0.400 e. The number of anilines is 1. The molecule has 334 valence electrons. The molecule has 0 aliphatic carbocycles. The van der Waals surface area contributed by atoms with Gasteiger partial charge in [-0.3, -0.25) is 9.98 Å². The van der Waals surface area contributed by atoms with E-state index in [2.05, 4.69) is 32.9 Å². The van der Waals surface area contributed by atoms with Gasteiger partial charge in [-0.15, -0.1) is 0 Å². The number of nitrogens with two attached hydrogens (primary N) is 1. The van der Waals surface area contributed by atoms with Crippen LogP contribution in [0.15, 0.2) is 95.2 Å². The first kappa shape index (κ1) is 48.3. The molecular weight excluding hydrogens is 928 g/mol. The zero-order valence-corrected chi connectivity index (χ0v) is 36.8. The third-order valence-corrected chi connectivity index (χ3v) is 11.8.